The fourth-order valence-electron chi connectivity index (χ4n) is 1.60. The van der Waals surface area contributed by atoms with Crippen LogP contribution in [0, 0.1) is 6.92 Å². The summed E-state index contributed by atoms with van der Waals surface area (Å²) in [4.78, 5) is 0. The van der Waals surface area contributed by atoms with E-state index in [0.717, 1.165) is 18.1 Å². The maximum atomic E-state index is 6.15. The molecule has 1 aromatic heterocycles. The Morgan fingerprint density at radius 1 is 1.54 bits per heavy atom. The second-order valence-corrected chi connectivity index (χ2v) is 3.59. The van der Waals surface area contributed by atoms with Gasteiger partial charge in [-0.15, -0.1) is 10.2 Å². The molecule has 0 radical (unpaired) electrons. The van der Waals surface area contributed by atoms with Crippen LogP contribution < -0.4 is 5.73 Å². The van der Waals surface area contributed by atoms with E-state index in [9.17, 15) is 0 Å². The van der Waals surface area contributed by atoms with Crippen molar-refractivity contribution in [3.05, 3.63) is 11.6 Å². The summed E-state index contributed by atoms with van der Waals surface area (Å²) >= 11 is 0. The van der Waals surface area contributed by atoms with Gasteiger partial charge in [0.05, 0.1) is 6.61 Å². The molecular weight excluding hydrogens is 168 g/mol. The average molecular weight is 182 g/mol. The van der Waals surface area contributed by atoms with Gasteiger partial charge in [0.2, 0.25) is 0 Å². The molecule has 1 aromatic rings. The molecule has 1 fully saturated rings. The smallest absolute Gasteiger partial charge is 0.155 e. The first-order valence-corrected chi connectivity index (χ1v) is 4.36. The van der Waals surface area contributed by atoms with E-state index in [1.165, 1.54) is 0 Å². The van der Waals surface area contributed by atoms with Gasteiger partial charge in [-0.05, 0) is 13.3 Å². The average Bonchev–Trinajstić information content (AvgIpc) is 2.63. The summed E-state index contributed by atoms with van der Waals surface area (Å²) in [5, 5.41) is 8.06. The Balaban J connectivity index is 2.39. The molecule has 72 valence electrons. The number of aromatic nitrogens is 3. The Morgan fingerprint density at radius 3 is 2.77 bits per heavy atom. The Bertz CT molecular complexity index is 314. The van der Waals surface area contributed by atoms with E-state index in [2.05, 4.69) is 10.2 Å². The first-order chi connectivity index (χ1) is 6.13. The van der Waals surface area contributed by atoms with Crippen molar-refractivity contribution in [3.8, 4) is 0 Å². The van der Waals surface area contributed by atoms with E-state index in [4.69, 9.17) is 10.5 Å². The zero-order valence-corrected chi connectivity index (χ0v) is 7.95. The molecule has 1 atom stereocenters. The SMILES string of the molecule is Cc1nnc(C2(N)CCOC2)n1C. The van der Waals surface area contributed by atoms with Gasteiger partial charge in [0.15, 0.2) is 5.82 Å². The predicted molar refractivity (Wildman–Crippen MR) is 47.0 cm³/mol. The fourth-order valence-corrected chi connectivity index (χ4v) is 1.60. The number of nitrogens with two attached hydrogens (primary N) is 1. The largest absolute Gasteiger partial charge is 0.379 e. The number of rotatable bonds is 1. The number of hydrogen-bond donors (Lipinski definition) is 1. The molecular formula is C8H14N4O. The van der Waals surface area contributed by atoms with Gasteiger partial charge in [-0.3, -0.25) is 0 Å². The van der Waals surface area contributed by atoms with Crippen molar-refractivity contribution in [2.24, 2.45) is 12.8 Å². The van der Waals surface area contributed by atoms with Gasteiger partial charge < -0.3 is 15.0 Å². The van der Waals surface area contributed by atoms with Gasteiger partial charge in [-0.25, -0.2) is 0 Å². The van der Waals surface area contributed by atoms with Crippen LogP contribution in [0.1, 0.15) is 18.1 Å². The maximum absolute atomic E-state index is 6.15. The van der Waals surface area contributed by atoms with Crippen molar-refractivity contribution >= 4 is 0 Å². The lowest BCUT2D eigenvalue weighted by Crippen LogP contribution is -2.39. The summed E-state index contributed by atoms with van der Waals surface area (Å²) in [6, 6.07) is 0. The predicted octanol–water partition coefficient (Wildman–Crippen LogP) is -0.302. The second kappa shape index (κ2) is 2.78. The summed E-state index contributed by atoms with van der Waals surface area (Å²) in [6.45, 7) is 3.16. The highest BCUT2D eigenvalue weighted by atomic mass is 16.5. The van der Waals surface area contributed by atoms with Crippen LogP contribution in [0.4, 0.5) is 0 Å². The quantitative estimate of drug-likeness (QED) is 0.647. The van der Waals surface area contributed by atoms with E-state index in [1.54, 1.807) is 0 Å². The van der Waals surface area contributed by atoms with Crippen LogP contribution >= 0.6 is 0 Å². The van der Waals surface area contributed by atoms with E-state index < -0.39 is 5.54 Å². The minimum atomic E-state index is -0.435. The number of ether oxygens (including phenoxy) is 1. The van der Waals surface area contributed by atoms with Crippen molar-refractivity contribution in [2.45, 2.75) is 18.9 Å². The van der Waals surface area contributed by atoms with Crippen LogP contribution in [0.3, 0.4) is 0 Å². The molecule has 2 rings (SSSR count). The summed E-state index contributed by atoms with van der Waals surface area (Å²) in [7, 11) is 1.93. The molecule has 0 aromatic carbocycles. The first-order valence-electron chi connectivity index (χ1n) is 4.36. The number of hydrogen-bond acceptors (Lipinski definition) is 4. The first kappa shape index (κ1) is 8.65. The van der Waals surface area contributed by atoms with Crippen molar-refractivity contribution in [1.29, 1.82) is 0 Å². The summed E-state index contributed by atoms with van der Waals surface area (Å²) < 4.78 is 7.20. The Kier molecular flexibility index (Phi) is 1.85. The van der Waals surface area contributed by atoms with Crippen LogP contribution in [-0.2, 0) is 17.3 Å². The third-order valence-electron chi connectivity index (χ3n) is 2.59. The molecule has 1 unspecified atom stereocenters. The van der Waals surface area contributed by atoms with Crippen LogP contribution in [-0.4, -0.2) is 28.0 Å². The lowest BCUT2D eigenvalue weighted by molar-refractivity contribution is 0.175. The lowest BCUT2D eigenvalue weighted by Gasteiger charge is -2.20. The van der Waals surface area contributed by atoms with Crippen LogP contribution in [0.15, 0.2) is 0 Å². The van der Waals surface area contributed by atoms with Crippen LogP contribution in [0.5, 0.6) is 0 Å². The number of aryl methyl sites for hydroxylation is 1. The minimum absolute atomic E-state index is 0.435. The topological polar surface area (TPSA) is 66.0 Å². The van der Waals surface area contributed by atoms with Gasteiger partial charge in [-0.2, -0.15) is 0 Å². The zero-order chi connectivity index (χ0) is 9.47. The Hall–Kier alpha value is -0.940. The third kappa shape index (κ3) is 1.24. The van der Waals surface area contributed by atoms with E-state index >= 15 is 0 Å². The molecule has 1 aliphatic rings. The van der Waals surface area contributed by atoms with Gasteiger partial charge in [0.25, 0.3) is 0 Å². The minimum Gasteiger partial charge on any atom is -0.379 e. The summed E-state index contributed by atoms with van der Waals surface area (Å²) in [6.07, 6.45) is 0.818. The lowest BCUT2D eigenvalue weighted by atomic mass is 9.99. The molecule has 1 saturated heterocycles. The van der Waals surface area contributed by atoms with Crippen molar-refractivity contribution in [1.82, 2.24) is 14.8 Å². The highest BCUT2D eigenvalue weighted by Gasteiger charge is 2.36. The highest BCUT2D eigenvalue weighted by Crippen LogP contribution is 2.25. The monoisotopic (exact) mass is 182 g/mol. The van der Waals surface area contributed by atoms with Crippen molar-refractivity contribution in [2.75, 3.05) is 13.2 Å². The van der Waals surface area contributed by atoms with Gasteiger partial charge in [0, 0.05) is 13.7 Å². The van der Waals surface area contributed by atoms with E-state index in [1.807, 2.05) is 18.5 Å². The number of nitrogens with zero attached hydrogens (tertiary/aromatic N) is 3. The molecule has 0 amide bonds. The van der Waals surface area contributed by atoms with Crippen molar-refractivity contribution in [3.63, 3.8) is 0 Å². The molecule has 0 saturated carbocycles. The maximum Gasteiger partial charge on any atom is 0.155 e. The molecule has 5 heteroatoms. The molecule has 0 bridgehead atoms. The second-order valence-electron chi connectivity index (χ2n) is 3.59. The van der Waals surface area contributed by atoms with Crippen LogP contribution in [0.2, 0.25) is 0 Å². The van der Waals surface area contributed by atoms with E-state index in [0.29, 0.717) is 13.2 Å². The third-order valence-corrected chi connectivity index (χ3v) is 2.59. The summed E-state index contributed by atoms with van der Waals surface area (Å²) in [5.74, 6) is 1.70. The standard InChI is InChI=1S/C8H14N4O/c1-6-10-11-7(12(6)2)8(9)3-4-13-5-8/h3-5,9H2,1-2H3. The van der Waals surface area contributed by atoms with E-state index in [-0.39, 0.29) is 0 Å². The van der Waals surface area contributed by atoms with Crippen LogP contribution in [0.25, 0.3) is 0 Å². The fraction of sp³-hybridized carbons (Fsp3) is 0.750. The van der Waals surface area contributed by atoms with Crippen molar-refractivity contribution < 1.29 is 4.74 Å². The molecule has 2 N–H and O–H groups in total. The molecule has 2 heterocycles. The Labute approximate surface area is 76.9 Å². The molecule has 13 heavy (non-hydrogen) atoms. The zero-order valence-electron chi connectivity index (χ0n) is 7.95. The van der Waals surface area contributed by atoms with Gasteiger partial charge >= 0.3 is 0 Å². The highest BCUT2D eigenvalue weighted by molar-refractivity contribution is 5.09. The molecule has 0 aliphatic carbocycles. The normalized spacial score (nSPS) is 28.2. The molecule has 0 spiro atoms. The Morgan fingerprint density at radius 2 is 2.31 bits per heavy atom. The molecule has 5 nitrogen and oxygen atoms in total. The van der Waals surface area contributed by atoms with Gasteiger partial charge in [-0.1, -0.05) is 0 Å². The summed E-state index contributed by atoms with van der Waals surface area (Å²) in [5.41, 5.74) is 5.71. The van der Waals surface area contributed by atoms with Gasteiger partial charge in [0.1, 0.15) is 11.4 Å². The molecule has 1 aliphatic heterocycles.